The molecule has 4 nitrogen and oxygen atoms in total. The van der Waals surface area contributed by atoms with Gasteiger partial charge in [0.2, 0.25) is 11.8 Å². The molecule has 4 heteroatoms. The number of nitrogens with one attached hydrogen (secondary N) is 1. The Labute approximate surface area is 190 Å². The minimum Gasteiger partial charge on any atom is -0.349 e. The maximum absolute atomic E-state index is 13.0. The van der Waals surface area contributed by atoms with E-state index in [0.717, 1.165) is 35.2 Å². The average molecular weight is 427 g/mol. The Balaban J connectivity index is 1.43. The SMILES string of the molecule is Cc1cccc(CN(C(=O)C2CC2)c2ccc(CC(=O)N[C@@H](C)c3ccccc3)cc2)c1. The minimum atomic E-state index is -0.0380. The third-order valence-corrected chi connectivity index (χ3v) is 5.91. The van der Waals surface area contributed by atoms with Gasteiger partial charge >= 0.3 is 0 Å². The number of carbonyl (C=O) groups is 2. The van der Waals surface area contributed by atoms with Crippen molar-refractivity contribution in [2.45, 2.75) is 45.7 Å². The minimum absolute atomic E-state index is 0.0141. The molecule has 164 valence electrons. The maximum atomic E-state index is 13.0. The summed E-state index contributed by atoms with van der Waals surface area (Å²) in [6, 6.07) is 26.0. The molecule has 1 atom stereocenters. The van der Waals surface area contributed by atoms with Crippen LogP contribution in [0.25, 0.3) is 0 Å². The summed E-state index contributed by atoms with van der Waals surface area (Å²) >= 11 is 0. The Hall–Kier alpha value is -3.40. The number of amides is 2. The largest absolute Gasteiger partial charge is 0.349 e. The first-order chi connectivity index (χ1) is 15.5. The van der Waals surface area contributed by atoms with Crippen LogP contribution < -0.4 is 10.2 Å². The molecule has 3 aromatic rings. The highest BCUT2D eigenvalue weighted by Crippen LogP contribution is 2.33. The van der Waals surface area contributed by atoms with Crippen molar-refractivity contribution in [1.82, 2.24) is 5.32 Å². The van der Waals surface area contributed by atoms with Crippen LogP contribution >= 0.6 is 0 Å². The molecule has 0 heterocycles. The fraction of sp³-hybridized carbons (Fsp3) is 0.286. The first-order valence-corrected chi connectivity index (χ1v) is 11.3. The molecule has 0 saturated heterocycles. The van der Waals surface area contributed by atoms with Crippen LogP contribution in [0.15, 0.2) is 78.9 Å². The van der Waals surface area contributed by atoms with Gasteiger partial charge in [-0.15, -0.1) is 0 Å². The molecule has 1 N–H and O–H groups in total. The van der Waals surface area contributed by atoms with Crippen LogP contribution in [-0.2, 0) is 22.6 Å². The molecule has 4 rings (SSSR count). The molecular formula is C28H30N2O2. The number of aryl methyl sites for hydroxylation is 1. The van der Waals surface area contributed by atoms with Crippen molar-refractivity contribution < 1.29 is 9.59 Å². The van der Waals surface area contributed by atoms with Crippen molar-refractivity contribution in [2.24, 2.45) is 5.92 Å². The third kappa shape index (κ3) is 5.64. The lowest BCUT2D eigenvalue weighted by Gasteiger charge is -2.23. The van der Waals surface area contributed by atoms with Gasteiger partial charge in [0.15, 0.2) is 0 Å². The van der Waals surface area contributed by atoms with Crippen molar-refractivity contribution in [2.75, 3.05) is 4.90 Å². The van der Waals surface area contributed by atoms with Crippen LogP contribution in [0.1, 0.15) is 48.1 Å². The molecule has 1 aliphatic rings. The zero-order valence-electron chi connectivity index (χ0n) is 18.8. The second-order valence-electron chi connectivity index (χ2n) is 8.73. The summed E-state index contributed by atoms with van der Waals surface area (Å²) in [6.07, 6.45) is 2.26. The Bertz CT molecular complexity index is 1070. The maximum Gasteiger partial charge on any atom is 0.230 e. The summed E-state index contributed by atoms with van der Waals surface area (Å²) in [7, 11) is 0. The van der Waals surface area contributed by atoms with Gasteiger partial charge < -0.3 is 10.2 Å². The summed E-state index contributed by atoms with van der Waals surface area (Å²) in [5.41, 5.74) is 5.21. The number of benzene rings is 3. The van der Waals surface area contributed by atoms with Crippen molar-refractivity contribution in [3.63, 3.8) is 0 Å². The van der Waals surface area contributed by atoms with Crippen LogP contribution in [0.2, 0.25) is 0 Å². The predicted molar refractivity (Wildman–Crippen MR) is 128 cm³/mol. The second-order valence-corrected chi connectivity index (χ2v) is 8.73. The predicted octanol–water partition coefficient (Wildman–Crippen LogP) is 5.36. The Morgan fingerprint density at radius 1 is 0.938 bits per heavy atom. The van der Waals surface area contributed by atoms with Crippen molar-refractivity contribution in [3.05, 3.63) is 101 Å². The second kappa shape index (κ2) is 9.82. The highest BCUT2D eigenvalue weighted by atomic mass is 16.2. The normalized spacial score (nSPS) is 13.9. The lowest BCUT2D eigenvalue weighted by Crippen LogP contribution is -2.31. The Morgan fingerprint density at radius 2 is 1.66 bits per heavy atom. The molecule has 1 aliphatic carbocycles. The van der Waals surface area contributed by atoms with Gasteiger partial charge in [0.1, 0.15) is 0 Å². The zero-order valence-corrected chi connectivity index (χ0v) is 18.8. The fourth-order valence-electron chi connectivity index (χ4n) is 3.94. The van der Waals surface area contributed by atoms with Gasteiger partial charge in [0.05, 0.1) is 19.0 Å². The quantitative estimate of drug-likeness (QED) is 0.527. The molecule has 0 aliphatic heterocycles. The number of anilines is 1. The van der Waals surface area contributed by atoms with Gasteiger partial charge in [0, 0.05) is 11.6 Å². The lowest BCUT2D eigenvalue weighted by atomic mass is 10.1. The van der Waals surface area contributed by atoms with E-state index in [2.05, 4.69) is 30.4 Å². The Kier molecular flexibility index (Phi) is 6.69. The molecule has 1 fully saturated rings. The smallest absolute Gasteiger partial charge is 0.230 e. The van der Waals surface area contributed by atoms with Crippen LogP contribution in [0.5, 0.6) is 0 Å². The van der Waals surface area contributed by atoms with Crippen molar-refractivity contribution in [1.29, 1.82) is 0 Å². The lowest BCUT2D eigenvalue weighted by molar-refractivity contribution is -0.121. The van der Waals surface area contributed by atoms with Gasteiger partial charge in [-0.2, -0.15) is 0 Å². The highest BCUT2D eigenvalue weighted by Gasteiger charge is 2.34. The molecule has 0 spiro atoms. The first-order valence-electron chi connectivity index (χ1n) is 11.3. The van der Waals surface area contributed by atoms with E-state index in [1.165, 1.54) is 5.56 Å². The van der Waals surface area contributed by atoms with Gasteiger partial charge in [0.25, 0.3) is 0 Å². The van der Waals surface area contributed by atoms with E-state index < -0.39 is 0 Å². The Morgan fingerprint density at radius 3 is 2.31 bits per heavy atom. The van der Waals surface area contributed by atoms with Gasteiger partial charge in [-0.3, -0.25) is 9.59 Å². The molecule has 2 amide bonds. The first kappa shape index (κ1) is 21.8. The topological polar surface area (TPSA) is 49.4 Å². The number of nitrogens with zero attached hydrogens (tertiary/aromatic N) is 1. The molecule has 0 radical (unpaired) electrons. The van der Waals surface area contributed by atoms with Crippen LogP contribution in [0.4, 0.5) is 5.69 Å². The molecule has 0 unspecified atom stereocenters. The van der Waals surface area contributed by atoms with Crippen molar-refractivity contribution >= 4 is 17.5 Å². The van der Waals surface area contributed by atoms with E-state index in [0.29, 0.717) is 13.0 Å². The van der Waals surface area contributed by atoms with E-state index in [9.17, 15) is 9.59 Å². The van der Waals surface area contributed by atoms with E-state index in [4.69, 9.17) is 0 Å². The van der Waals surface area contributed by atoms with Crippen LogP contribution in [-0.4, -0.2) is 11.8 Å². The molecule has 3 aromatic carbocycles. The monoisotopic (exact) mass is 426 g/mol. The number of rotatable bonds is 8. The summed E-state index contributed by atoms with van der Waals surface area (Å²) in [5, 5.41) is 3.06. The standard InChI is InChI=1S/C28H30N2O2/c1-20-7-6-8-23(17-20)19-30(28(32)25-13-14-25)26-15-11-22(12-16-26)18-27(31)29-21(2)24-9-4-3-5-10-24/h3-12,15-17,21,25H,13-14,18-19H2,1-2H3,(H,29,31)/t21-/m0/s1. The molecule has 0 aromatic heterocycles. The summed E-state index contributed by atoms with van der Waals surface area (Å²) < 4.78 is 0. The molecule has 32 heavy (non-hydrogen) atoms. The summed E-state index contributed by atoms with van der Waals surface area (Å²) in [6.45, 7) is 4.61. The molecular weight excluding hydrogens is 396 g/mol. The van der Waals surface area contributed by atoms with Crippen LogP contribution in [0, 0.1) is 12.8 Å². The van der Waals surface area contributed by atoms with Gasteiger partial charge in [-0.05, 0) is 55.5 Å². The van der Waals surface area contributed by atoms with Gasteiger partial charge in [-0.1, -0.05) is 72.3 Å². The zero-order chi connectivity index (χ0) is 22.5. The van der Waals surface area contributed by atoms with Gasteiger partial charge in [-0.25, -0.2) is 0 Å². The van der Waals surface area contributed by atoms with E-state index in [1.807, 2.05) is 72.5 Å². The van der Waals surface area contributed by atoms with Crippen molar-refractivity contribution in [3.8, 4) is 0 Å². The molecule has 0 bridgehead atoms. The fourth-order valence-corrected chi connectivity index (χ4v) is 3.94. The average Bonchev–Trinajstić information content (AvgIpc) is 3.64. The number of carbonyl (C=O) groups excluding carboxylic acids is 2. The third-order valence-electron chi connectivity index (χ3n) is 5.91. The van der Waals surface area contributed by atoms with Crippen LogP contribution in [0.3, 0.4) is 0 Å². The number of hydrogen-bond acceptors (Lipinski definition) is 2. The van der Waals surface area contributed by atoms with E-state index in [1.54, 1.807) is 0 Å². The summed E-state index contributed by atoms with van der Waals surface area (Å²) in [4.78, 5) is 27.4. The number of hydrogen-bond donors (Lipinski definition) is 1. The van der Waals surface area contributed by atoms with E-state index >= 15 is 0 Å². The van der Waals surface area contributed by atoms with E-state index in [-0.39, 0.29) is 23.8 Å². The molecule has 1 saturated carbocycles. The summed E-state index contributed by atoms with van der Waals surface area (Å²) in [5.74, 6) is 0.318. The highest BCUT2D eigenvalue weighted by molar-refractivity contribution is 5.96.